The Labute approximate surface area is 221 Å². The van der Waals surface area contributed by atoms with Crippen LogP contribution in [0.2, 0.25) is 4.34 Å². The first kappa shape index (κ1) is 28.9. The summed E-state index contributed by atoms with van der Waals surface area (Å²) in [5, 5.41) is 5.24. The number of nitrogens with zero attached hydrogens (tertiary/aromatic N) is 2. The monoisotopic (exact) mass is 560 g/mol. The molecule has 1 fully saturated rings. The summed E-state index contributed by atoms with van der Waals surface area (Å²) in [6.45, 7) is 4.15. The Morgan fingerprint density at radius 1 is 1.24 bits per heavy atom. The number of likely N-dealkylation sites (N-methyl/N-ethyl adjacent to an activating group) is 1. The summed E-state index contributed by atoms with van der Waals surface area (Å²) in [5.41, 5.74) is -1.43. The van der Waals surface area contributed by atoms with Crippen molar-refractivity contribution in [2.45, 2.75) is 26.1 Å². The number of morpholine rings is 1. The van der Waals surface area contributed by atoms with E-state index >= 15 is 0 Å². The average molecular weight is 561 g/mol. The average Bonchev–Trinajstić information content (AvgIpc) is 3.25. The number of hydrogen-bond donors (Lipinski definition) is 2. The molecule has 2 heterocycles. The van der Waals surface area contributed by atoms with Crippen LogP contribution in [0.5, 0.6) is 0 Å². The van der Waals surface area contributed by atoms with E-state index in [9.17, 15) is 27.6 Å². The van der Waals surface area contributed by atoms with Crippen LogP contribution in [-0.4, -0.2) is 68.6 Å². The van der Waals surface area contributed by atoms with Crippen molar-refractivity contribution >= 4 is 52.0 Å². The van der Waals surface area contributed by atoms with Crippen LogP contribution < -0.4 is 15.5 Å². The third kappa shape index (κ3) is 7.67. The number of carbonyl (C=O) groups is 3. The highest BCUT2D eigenvalue weighted by Crippen LogP contribution is 2.38. The smallest absolute Gasteiger partial charge is 0.370 e. The predicted octanol–water partition coefficient (Wildman–Crippen LogP) is 4.11. The molecule has 13 heteroatoms. The molecule has 1 aliphatic heterocycles. The van der Waals surface area contributed by atoms with Crippen molar-refractivity contribution in [2.75, 3.05) is 50.1 Å². The lowest BCUT2D eigenvalue weighted by atomic mass is 10.1. The molecule has 37 heavy (non-hydrogen) atoms. The topological polar surface area (TPSA) is 91.0 Å². The quantitative estimate of drug-likeness (QED) is 0.482. The van der Waals surface area contributed by atoms with Crippen molar-refractivity contribution in [2.24, 2.45) is 5.92 Å². The molecule has 8 nitrogen and oxygen atoms in total. The summed E-state index contributed by atoms with van der Waals surface area (Å²) < 4.78 is 47.2. The second-order valence-electron chi connectivity index (χ2n) is 8.98. The fourth-order valence-electron chi connectivity index (χ4n) is 3.94. The molecule has 0 aliphatic carbocycles. The molecule has 0 bridgehead atoms. The summed E-state index contributed by atoms with van der Waals surface area (Å²) >= 11 is 6.98. The third-order valence-electron chi connectivity index (χ3n) is 5.59. The van der Waals surface area contributed by atoms with Gasteiger partial charge in [-0.3, -0.25) is 19.3 Å². The Kier molecular flexibility index (Phi) is 9.57. The van der Waals surface area contributed by atoms with Crippen LogP contribution in [0.25, 0.3) is 0 Å². The number of thiophene rings is 1. The van der Waals surface area contributed by atoms with Crippen molar-refractivity contribution in [1.29, 1.82) is 0 Å². The van der Waals surface area contributed by atoms with Gasteiger partial charge in [0.1, 0.15) is 12.6 Å². The second kappa shape index (κ2) is 12.2. The van der Waals surface area contributed by atoms with E-state index < -0.39 is 35.5 Å². The number of benzene rings is 1. The van der Waals surface area contributed by atoms with Crippen molar-refractivity contribution < 1.29 is 32.3 Å². The lowest BCUT2D eigenvalue weighted by Gasteiger charge is -2.30. The van der Waals surface area contributed by atoms with Gasteiger partial charge in [-0.15, -0.1) is 11.3 Å². The summed E-state index contributed by atoms with van der Waals surface area (Å²) in [7, 11) is 1.70. The molecule has 2 aromatic rings. The van der Waals surface area contributed by atoms with Gasteiger partial charge in [-0.05, 0) is 43.3 Å². The molecule has 0 spiro atoms. The van der Waals surface area contributed by atoms with Gasteiger partial charge >= 0.3 is 6.18 Å². The fourth-order valence-corrected chi connectivity index (χ4v) is 4.90. The lowest BCUT2D eigenvalue weighted by Crippen LogP contribution is -2.50. The molecule has 1 atom stereocenters. The third-order valence-corrected chi connectivity index (χ3v) is 6.82. The molecule has 1 aromatic heterocycles. The fraction of sp³-hybridized carbons (Fsp3) is 0.458. The summed E-state index contributed by atoms with van der Waals surface area (Å²) in [6, 6.07) is 5.57. The van der Waals surface area contributed by atoms with E-state index in [1.54, 1.807) is 24.1 Å². The molecule has 0 unspecified atom stereocenters. The van der Waals surface area contributed by atoms with Crippen molar-refractivity contribution in [3.05, 3.63) is 45.1 Å². The van der Waals surface area contributed by atoms with E-state index in [0.717, 1.165) is 28.4 Å². The van der Waals surface area contributed by atoms with Crippen molar-refractivity contribution in [1.82, 2.24) is 10.2 Å². The summed E-state index contributed by atoms with van der Waals surface area (Å²) in [6.07, 6.45) is -4.77. The second-order valence-corrected chi connectivity index (χ2v) is 10.7. The lowest BCUT2D eigenvalue weighted by molar-refractivity contribution is -0.137. The standard InChI is InChI=1S/C24H28ClF3N4O4S/c1-14(2)12-31(3)18(11-29-23(35)19-6-7-20(25)37-19)22(34)30-15-4-5-17(16(10-15)24(26,27)28)32-8-9-36-13-21(32)33/h4-7,10,14,18H,8-9,11-13H2,1-3H3,(H,29,35)(H,30,34)/t18-/m0/s1. The molecule has 0 radical (unpaired) electrons. The highest BCUT2D eigenvalue weighted by molar-refractivity contribution is 7.18. The minimum atomic E-state index is -4.77. The van der Waals surface area contributed by atoms with Gasteiger partial charge in [0.2, 0.25) is 5.91 Å². The van der Waals surface area contributed by atoms with Crippen LogP contribution in [0.4, 0.5) is 24.5 Å². The van der Waals surface area contributed by atoms with Crippen molar-refractivity contribution in [3.63, 3.8) is 0 Å². The van der Waals surface area contributed by atoms with E-state index in [1.807, 2.05) is 13.8 Å². The van der Waals surface area contributed by atoms with E-state index in [4.69, 9.17) is 16.3 Å². The maximum atomic E-state index is 13.9. The number of hydrogen-bond acceptors (Lipinski definition) is 6. The molecule has 1 aromatic carbocycles. The number of amides is 3. The normalized spacial score (nSPS) is 15.3. The molecular formula is C24H28ClF3N4O4S. The number of rotatable bonds is 9. The Morgan fingerprint density at radius 3 is 2.57 bits per heavy atom. The molecule has 3 amide bonds. The Balaban J connectivity index is 1.81. The molecule has 1 aliphatic rings. The van der Waals surface area contributed by atoms with Crippen LogP contribution in [-0.2, 0) is 20.5 Å². The van der Waals surface area contributed by atoms with Gasteiger partial charge in [-0.25, -0.2) is 0 Å². The first-order valence-electron chi connectivity index (χ1n) is 11.5. The van der Waals surface area contributed by atoms with E-state index in [1.165, 1.54) is 6.07 Å². The zero-order valence-corrected chi connectivity index (χ0v) is 22.1. The van der Waals surface area contributed by atoms with Crippen LogP contribution >= 0.6 is 22.9 Å². The summed E-state index contributed by atoms with van der Waals surface area (Å²) in [5.74, 6) is -1.39. The van der Waals surface area contributed by atoms with Gasteiger partial charge in [0, 0.05) is 25.3 Å². The van der Waals surface area contributed by atoms with Gasteiger partial charge in [-0.1, -0.05) is 25.4 Å². The zero-order chi connectivity index (χ0) is 27.3. The van der Waals surface area contributed by atoms with Crippen LogP contribution in [0.1, 0.15) is 29.1 Å². The van der Waals surface area contributed by atoms with Gasteiger partial charge in [0.25, 0.3) is 11.8 Å². The molecule has 3 rings (SSSR count). The Bertz CT molecular complexity index is 1140. The largest absolute Gasteiger partial charge is 0.418 e. The van der Waals surface area contributed by atoms with E-state index in [0.29, 0.717) is 15.8 Å². The Morgan fingerprint density at radius 2 is 1.97 bits per heavy atom. The van der Waals surface area contributed by atoms with Crippen LogP contribution in [0, 0.1) is 5.92 Å². The minimum absolute atomic E-state index is 0.00909. The maximum Gasteiger partial charge on any atom is 0.418 e. The number of carbonyl (C=O) groups excluding carboxylic acids is 3. The Hall–Kier alpha value is -2.67. The zero-order valence-electron chi connectivity index (χ0n) is 20.5. The van der Waals surface area contributed by atoms with Gasteiger partial charge in [0.05, 0.1) is 27.1 Å². The van der Waals surface area contributed by atoms with Gasteiger partial charge in [0.15, 0.2) is 0 Å². The van der Waals surface area contributed by atoms with E-state index in [-0.39, 0.29) is 43.6 Å². The molecule has 1 saturated heterocycles. The molecule has 0 saturated carbocycles. The molecule has 202 valence electrons. The number of halogens is 4. The van der Waals surface area contributed by atoms with Gasteiger partial charge in [-0.2, -0.15) is 13.2 Å². The van der Waals surface area contributed by atoms with Crippen LogP contribution in [0.15, 0.2) is 30.3 Å². The highest BCUT2D eigenvalue weighted by atomic mass is 35.5. The van der Waals surface area contributed by atoms with Gasteiger partial charge < -0.3 is 20.3 Å². The van der Waals surface area contributed by atoms with Crippen LogP contribution in [0.3, 0.4) is 0 Å². The molecule has 2 N–H and O–H groups in total. The first-order valence-corrected chi connectivity index (χ1v) is 12.7. The SMILES string of the molecule is CC(C)CN(C)[C@@H](CNC(=O)c1ccc(Cl)s1)C(=O)Nc1ccc(N2CCOCC2=O)c(C(F)(F)F)c1. The number of ether oxygens (including phenoxy) is 1. The number of anilines is 2. The highest BCUT2D eigenvalue weighted by Gasteiger charge is 2.37. The summed E-state index contributed by atoms with van der Waals surface area (Å²) in [4.78, 5) is 41.0. The van der Waals surface area contributed by atoms with Crippen molar-refractivity contribution in [3.8, 4) is 0 Å². The first-order chi connectivity index (χ1) is 17.4. The minimum Gasteiger partial charge on any atom is -0.370 e. The maximum absolute atomic E-state index is 13.9. The molecular weight excluding hydrogens is 533 g/mol. The number of alkyl halides is 3. The van der Waals surface area contributed by atoms with E-state index in [2.05, 4.69) is 10.6 Å². The number of nitrogens with one attached hydrogen (secondary N) is 2. The predicted molar refractivity (Wildman–Crippen MR) is 136 cm³/mol.